The number of nitrogens with one attached hydrogen (secondary N) is 1. The lowest BCUT2D eigenvalue weighted by Crippen LogP contribution is -2.24. The van der Waals surface area contributed by atoms with Gasteiger partial charge in [0.25, 0.3) is 5.91 Å². The highest BCUT2D eigenvalue weighted by molar-refractivity contribution is 6.32. The molecule has 3 aromatic rings. The van der Waals surface area contributed by atoms with Crippen LogP contribution < -0.4 is 10.2 Å². The van der Waals surface area contributed by atoms with Gasteiger partial charge in [-0.1, -0.05) is 54.1 Å². The molecule has 1 heterocycles. The van der Waals surface area contributed by atoms with E-state index in [1.807, 2.05) is 36.7 Å². The fraction of sp³-hybridized carbons (Fsp3) is 0.190. The van der Waals surface area contributed by atoms with E-state index in [9.17, 15) is 4.79 Å². The van der Waals surface area contributed by atoms with E-state index >= 15 is 0 Å². The van der Waals surface area contributed by atoms with Crippen LogP contribution in [-0.2, 0) is 11.3 Å². The number of aromatic nitrogens is 2. The van der Waals surface area contributed by atoms with Crippen LogP contribution in [0.1, 0.15) is 22.5 Å². The van der Waals surface area contributed by atoms with Crippen molar-refractivity contribution in [2.24, 2.45) is 5.10 Å². The summed E-state index contributed by atoms with van der Waals surface area (Å²) in [5.41, 5.74) is 6.33. The third kappa shape index (κ3) is 4.98. The minimum Gasteiger partial charge on any atom is -0.482 e. The van der Waals surface area contributed by atoms with Crippen molar-refractivity contribution in [3.05, 3.63) is 82.1 Å². The van der Waals surface area contributed by atoms with Crippen LogP contribution >= 0.6 is 11.6 Å². The first kappa shape index (κ1) is 19.6. The molecule has 1 aromatic heterocycles. The normalized spacial score (nSPS) is 11.0. The number of hydrogen-bond donors (Lipinski definition) is 1. The largest absolute Gasteiger partial charge is 0.482 e. The molecule has 1 N–H and O–H groups in total. The van der Waals surface area contributed by atoms with Gasteiger partial charge in [0.05, 0.1) is 23.5 Å². The van der Waals surface area contributed by atoms with Gasteiger partial charge in [-0.05, 0) is 31.5 Å². The number of carbonyl (C=O) groups is 1. The lowest BCUT2D eigenvalue weighted by molar-refractivity contribution is -0.123. The molecule has 0 radical (unpaired) electrons. The Hall–Kier alpha value is -3.12. The number of hydrazone groups is 1. The molecule has 0 fully saturated rings. The number of rotatable bonds is 7. The van der Waals surface area contributed by atoms with Gasteiger partial charge in [-0.15, -0.1) is 0 Å². The van der Waals surface area contributed by atoms with Gasteiger partial charge in [-0.3, -0.25) is 9.48 Å². The molecule has 144 valence electrons. The second kappa shape index (κ2) is 9.19. The summed E-state index contributed by atoms with van der Waals surface area (Å²) in [7, 11) is 0. The van der Waals surface area contributed by atoms with Crippen LogP contribution in [0.25, 0.3) is 0 Å². The number of ether oxygens (including phenoxy) is 1. The molecule has 0 aliphatic heterocycles. The summed E-state index contributed by atoms with van der Waals surface area (Å²) < 4.78 is 7.31. The quantitative estimate of drug-likeness (QED) is 0.488. The van der Waals surface area contributed by atoms with Gasteiger partial charge in [0.1, 0.15) is 5.75 Å². The maximum absolute atomic E-state index is 11.9. The molecule has 0 spiro atoms. The third-order valence-electron chi connectivity index (χ3n) is 4.19. The molecule has 6 nitrogen and oxygen atoms in total. The maximum Gasteiger partial charge on any atom is 0.277 e. The number of nitrogens with zero attached hydrogens (tertiary/aromatic N) is 3. The molecular formula is C21H21ClN4O2. The highest BCUT2D eigenvalue weighted by atomic mass is 35.5. The second-order valence-corrected chi connectivity index (χ2v) is 6.65. The Kier molecular flexibility index (Phi) is 6.45. The van der Waals surface area contributed by atoms with E-state index in [0.717, 1.165) is 17.0 Å². The summed E-state index contributed by atoms with van der Waals surface area (Å²) in [5, 5.41) is 9.04. The Morgan fingerprint density at radius 2 is 1.89 bits per heavy atom. The standard InChI is InChI=1S/C21H21ClN4O2/c1-15-18(16(2)26(25-15)13-17-8-4-3-5-9-17)12-23-24-21(27)14-28-20-11-7-6-10-19(20)22/h3-12H,13-14H2,1-2H3,(H,24,27)/b23-12-. The molecule has 0 bridgehead atoms. The zero-order valence-electron chi connectivity index (χ0n) is 15.7. The Morgan fingerprint density at radius 3 is 2.64 bits per heavy atom. The van der Waals surface area contributed by atoms with Crippen molar-refractivity contribution in [1.29, 1.82) is 0 Å². The van der Waals surface area contributed by atoms with Gasteiger partial charge in [-0.2, -0.15) is 10.2 Å². The Labute approximate surface area is 168 Å². The summed E-state index contributed by atoms with van der Waals surface area (Å²) >= 11 is 5.99. The van der Waals surface area contributed by atoms with Crippen LogP contribution in [-0.4, -0.2) is 28.5 Å². The van der Waals surface area contributed by atoms with E-state index in [-0.39, 0.29) is 12.5 Å². The van der Waals surface area contributed by atoms with Gasteiger partial charge in [-0.25, -0.2) is 5.43 Å². The average molecular weight is 397 g/mol. The zero-order valence-corrected chi connectivity index (χ0v) is 16.5. The second-order valence-electron chi connectivity index (χ2n) is 6.24. The topological polar surface area (TPSA) is 68.5 Å². The number of halogens is 1. The van der Waals surface area contributed by atoms with Crippen molar-refractivity contribution in [2.45, 2.75) is 20.4 Å². The average Bonchev–Trinajstić information content (AvgIpc) is 2.95. The first-order valence-electron chi connectivity index (χ1n) is 8.81. The predicted octanol–water partition coefficient (Wildman–Crippen LogP) is 3.73. The van der Waals surface area contributed by atoms with Crippen molar-refractivity contribution in [3.63, 3.8) is 0 Å². The van der Waals surface area contributed by atoms with Gasteiger partial charge >= 0.3 is 0 Å². The monoisotopic (exact) mass is 396 g/mol. The van der Waals surface area contributed by atoms with Crippen molar-refractivity contribution in [2.75, 3.05) is 6.61 Å². The first-order valence-corrected chi connectivity index (χ1v) is 9.19. The van der Waals surface area contributed by atoms with Crippen molar-refractivity contribution < 1.29 is 9.53 Å². The number of amides is 1. The zero-order chi connectivity index (χ0) is 19.9. The van der Waals surface area contributed by atoms with Crippen LogP contribution in [0.4, 0.5) is 0 Å². The Balaban J connectivity index is 1.58. The Morgan fingerprint density at radius 1 is 1.18 bits per heavy atom. The van der Waals surface area contributed by atoms with Gasteiger partial charge in [0.15, 0.2) is 6.61 Å². The van der Waals surface area contributed by atoms with E-state index in [2.05, 4.69) is 27.8 Å². The van der Waals surface area contributed by atoms with E-state index in [0.29, 0.717) is 17.3 Å². The molecule has 2 aromatic carbocycles. The van der Waals surface area contributed by atoms with Crippen LogP contribution in [0.2, 0.25) is 5.02 Å². The number of benzene rings is 2. The SMILES string of the molecule is Cc1nn(Cc2ccccc2)c(C)c1/C=N\NC(=O)COc1ccccc1Cl. The maximum atomic E-state index is 11.9. The highest BCUT2D eigenvalue weighted by Gasteiger charge is 2.10. The third-order valence-corrected chi connectivity index (χ3v) is 4.50. The van der Waals surface area contributed by atoms with E-state index in [1.54, 1.807) is 30.5 Å². The summed E-state index contributed by atoms with van der Waals surface area (Å²) in [6.45, 7) is 4.40. The molecule has 28 heavy (non-hydrogen) atoms. The lowest BCUT2D eigenvalue weighted by Gasteiger charge is -2.06. The molecule has 3 rings (SSSR count). The van der Waals surface area contributed by atoms with E-state index in [4.69, 9.17) is 16.3 Å². The molecule has 0 unspecified atom stereocenters. The van der Waals surface area contributed by atoms with Crippen LogP contribution in [0, 0.1) is 13.8 Å². The van der Waals surface area contributed by atoms with Crippen LogP contribution in [0.15, 0.2) is 59.7 Å². The molecule has 0 aliphatic rings. The van der Waals surface area contributed by atoms with Gasteiger partial charge in [0, 0.05) is 11.3 Å². The van der Waals surface area contributed by atoms with E-state index < -0.39 is 0 Å². The minimum absolute atomic E-state index is 0.174. The minimum atomic E-state index is -0.372. The van der Waals surface area contributed by atoms with Gasteiger partial charge in [0.2, 0.25) is 0 Å². The highest BCUT2D eigenvalue weighted by Crippen LogP contribution is 2.22. The summed E-state index contributed by atoms with van der Waals surface area (Å²) in [6.07, 6.45) is 1.60. The number of carbonyl (C=O) groups excluding carboxylic acids is 1. The molecule has 0 saturated carbocycles. The molecule has 7 heteroatoms. The first-order chi connectivity index (χ1) is 13.5. The fourth-order valence-electron chi connectivity index (χ4n) is 2.71. The molecule has 0 saturated heterocycles. The molecule has 0 atom stereocenters. The number of aryl methyl sites for hydroxylation is 1. The van der Waals surface area contributed by atoms with Crippen molar-refractivity contribution >= 4 is 23.7 Å². The summed E-state index contributed by atoms with van der Waals surface area (Å²) in [5.74, 6) is 0.0836. The summed E-state index contributed by atoms with van der Waals surface area (Å²) in [4.78, 5) is 11.9. The van der Waals surface area contributed by atoms with Crippen molar-refractivity contribution in [3.8, 4) is 5.75 Å². The number of hydrogen-bond acceptors (Lipinski definition) is 4. The number of para-hydroxylation sites is 1. The lowest BCUT2D eigenvalue weighted by atomic mass is 10.2. The molecule has 0 aliphatic carbocycles. The Bertz CT molecular complexity index is 983. The fourth-order valence-corrected chi connectivity index (χ4v) is 2.90. The smallest absolute Gasteiger partial charge is 0.277 e. The van der Waals surface area contributed by atoms with Crippen LogP contribution in [0.3, 0.4) is 0 Å². The van der Waals surface area contributed by atoms with Crippen molar-refractivity contribution in [1.82, 2.24) is 15.2 Å². The van der Waals surface area contributed by atoms with Crippen LogP contribution in [0.5, 0.6) is 5.75 Å². The summed E-state index contributed by atoms with van der Waals surface area (Å²) in [6, 6.07) is 17.1. The molecule has 1 amide bonds. The van der Waals surface area contributed by atoms with Gasteiger partial charge < -0.3 is 4.74 Å². The molecular weight excluding hydrogens is 376 g/mol. The predicted molar refractivity (Wildman–Crippen MR) is 110 cm³/mol. The van der Waals surface area contributed by atoms with E-state index in [1.165, 1.54) is 5.56 Å².